The van der Waals surface area contributed by atoms with Gasteiger partial charge in [0.05, 0.1) is 10.8 Å². The fourth-order valence-corrected chi connectivity index (χ4v) is 3.43. The van der Waals surface area contributed by atoms with Crippen LogP contribution < -0.4 is 4.90 Å². The maximum Gasteiger partial charge on any atom is 0.232 e. The van der Waals surface area contributed by atoms with Gasteiger partial charge in [-0.25, -0.2) is 4.39 Å². The molecule has 122 valence electrons. The van der Waals surface area contributed by atoms with Crippen molar-refractivity contribution in [1.29, 1.82) is 0 Å². The largest absolute Gasteiger partial charge is 0.339 e. The fourth-order valence-electron chi connectivity index (χ4n) is 2.78. The third-order valence-electron chi connectivity index (χ3n) is 4.12. The van der Waals surface area contributed by atoms with Crippen LogP contribution >= 0.6 is 11.3 Å². The molecule has 0 aliphatic carbocycles. The van der Waals surface area contributed by atoms with Gasteiger partial charge >= 0.3 is 0 Å². The van der Waals surface area contributed by atoms with Crippen molar-refractivity contribution in [2.24, 2.45) is 0 Å². The molecule has 0 bridgehead atoms. The van der Waals surface area contributed by atoms with E-state index in [9.17, 15) is 9.18 Å². The number of nitrogens with zero attached hydrogens (tertiary/aromatic N) is 3. The lowest BCUT2D eigenvalue weighted by Crippen LogP contribution is -2.24. The molecule has 3 aromatic rings. The van der Waals surface area contributed by atoms with Gasteiger partial charge in [0.25, 0.3) is 0 Å². The maximum absolute atomic E-state index is 13.8. The summed E-state index contributed by atoms with van der Waals surface area (Å²) in [6.45, 7) is 2.10. The second kappa shape index (κ2) is 5.83. The topological polar surface area (TPSA) is 59.2 Å². The molecule has 24 heavy (non-hydrogen) atoms. The molecule has 1 amide bonds. The van der Waals surface area contributed by atoms with Crippen molar-refractivity contribution in [1.82, 2.24) is 10.1 Å². The minimum Gasteiger partial charge on any atom is -0.339 e. The zero-order valence-corrected chi connectivity index (χ0v) is 13.7. The number of hydrogen-bond acceptors (Lipinski definition) is 5. The Morgan fingerprint density at radius 3 is 3.00 bits per heavy atom. The van der Waals surface area contributed by atoms with Crippen molar-refractivity contribution >= 4 is 22.9 Å². The Kier molecular flexibility index (Phi) is 3.65. The van der Waals surface area contributed by atoms with E-state index in [0.29, 0.717) is 29.5 Å². The lowest BCUT2D eigenvalue weighted by Gasteiger charge is -2.16. The number of hydrogen-bond donors (Lipinski definition) is 0. The third-order valence-corrected chi connectivity index (χ3v) is 4.99. The number of carbonyl (C=O) groups excluding carboxylic acids is 1. The standard InChI is InChI=1S/C17H14FN3O2S/c1-10-4-5-12(8-13(10)18)21-9-11(7-15(21)22)17-19-16(20-23-17)14-3-2-6-24-14/h2-6,8,11H,7,9H2,1H3. The first-order valence-electron chi connectivity index (χ1n) is 7.56. The monoisotopic (exact) mass is 343 g/mol. The Morgan fingerprint density at radius 1 is 1.38 bits per heavy atom. The van der Waals surface area contributed by atoms with E-state index in [-0.39, 0.29) is 24.1 Å². The lowest BCUT2D eigenvalue weighted by atomic mass is 10.1. The Morgan fingerprint density at radius 2 is 2.25 bits per heavy atom. The molecule has 2 aromatic heterocycles. The number of aryl methyl sites for hydroxylation is 1. The van der Waals surface area contributed by atoms with Crippen molar-refractivity contribution in [2.75, 3.05) is 11.4 Å². The summed E-state index contributed by atoms with van der Waals surface area (Å²) in [6.07, 6.45) is 0.279. The molecule has 1 aliphatic heterocycles. The molecule has 1 aromatic carbocycles. The first-order chi connectivity index (χ1) is 11.6. The highest BCUT2D eigenvalue weighted by Crippen LogP contribution is 2.33. The molecule has 4 rings (SSSR count). The van der Waals surface area contributed by atoms with Crippen molar-refractivity contribution in [2.45, 2.75) is 19.3 Å². The van der Waals surface area contributed by atoms with Crippen molar-refractivity contribution < 1.29 is 13.7 Å². The molecule has 0 N–H and O–H groups in total. The second-order valence-electron chi connectivity index (χ2n) is 5.77. The number of carbonyl (C=O) groups is 1. The molecule has 0 saturated carbocycles. The van der Waals surface area contributed by atoms with Gasteiger partial charge in [0.1, 0.15) is 5.82 Å². The predicted octanol–water partition coefficient (Wildman–Crippen LogP) is 3.77. The van der Waals surface area contributed by atoms with E-state index >= 15 is 0 Å². The van der Waals surface area contributed by atoms with E-state index in [4.69, 9.17) is 4.52 Å². The molecule has 1 fully saturated rings. The van der Waals surface area contributed by atoms with Crippen LogP contribution in [0.3, 0.4) is 0 Å². The molecule has 0 spiro atoms. The number of anilines is 1. The molecule has 5 nitrogen and oxygen atoms in total. The zero-order chi connectivity index (χ0) is 16.7. The number of halogens is 1. The van der Waals surface area contributed by atoms with Gasteiger partial charge in [-0.05, 0) is 36.1 Å². The average Bonchev–Trinajstić information content (AvgIpc) is 3.28. The van der Waals surface area contributed by atoms with Crippen LogP contribution in [0.5, 0.6) is 0 Å². The fraction of sp³-hybridized carbons (Fsp3) is 0.235. The molecule has 0 radical (unpaired) electrons. The van der Waals surface area contributed by atoms with Gasteiger partial charge in [-0.15, -0.1) is 11.3 Å². The molecule has 1 saturated heterocycles. The Bertz CT molecular complexity index is 891. The average molecular weight is 343 g/mol. The number of rotatable bonds is 3. The summed E-state index contributed by atoms with van der Waals surface area (Å²) in [5, 5.41) is 5.93. The molecule has 1 unspecified atom stereocenters. The van der Waals surface area contributed by atoms with Crippen LogP contribution in [-0.2, 0) is 4.79 Å². The minimum absolute atomic E-state index is 0.0703. The van der Waals surface area contributed by atoms with Crippen LogP contribution in [0.1, 0.15) is 23.8 Å². The van der Waals surface area contributed by atoms with E-state index in [1.807, 2.05) is 17.5 Å². The Balaban J connectivity index is 1.56. The van der Waals surface area contributed by atoms with E-state index in [1.54, 1.807) is 24.0 Å². The van der Waals surface area contributed by atoms with Gasteiger partial charge in [-0.2, -0.15) is 4.98 Å². The first-order valence-corrected chi connectivity index (χ1v) is 8.44. The molecule has 7 heteroatoms. The number of benzene rings is 1. The van der Waals surface area contributed by atoms with E-state index < -0.39 is 0 Å². The molecule has 1 atom stereocenters. The summed E-state index contributed by atoms with van der Waals surface area (Å²) < 4.78 is 19.1. The summed E-state index contributed by atoms with van der Waals surface area (Å²) in [6, 6.07) is 8.65. The molecular formula is C17H14FN3O2S. The smallest absolute Gasteiger partial charge is 0.232 e. The van der Waals surface area contributed by atoms with Crippen molar-refractivity contribution in [3.05, 3.63) is 53.0 Å². The molecule has 1 aliphatic rings. The van der Waals surface area contributed by atoms with Gasteiger partial charge in [0.15, 0.2) is 0 Å². The molecule has 3 heterocycles. The van der Waals surface area contributed by atoms with Gasteiger partial charge in [-0.1, -0.05) is 17.3 Å². The number of amides is 1. The van der Waals surface area contributed by atoms with Crippen LogP contribution in [0.4, 0.5) is 10.1 Å². The van der Waals surface area contributed by atoms with Crippen molar-refractivity contribution in [3.8, 4) is 10.7 Å². The maximum atomic E-state index is 13.8. The summed E-state index contributed by atoms with van der Waals surface area (Å²) in [5.41, 5.74) is 1.11. The highest BCUT2D eigenvalue weighted by atomic mass is 32.1. The van der Waals surface area contributed by atoms with Gasteiger partial charge in [0, 0.05) is 18.7 Å². The third kappa shape index (κ3) is 2.60. The molecular weight excluding hydrogens is 329 g/mol. The summed E-state index contributed by atoms with van der Waals surface area (Å²) in [4.78, 5) is 19.2. The number of thiophene rings is 1. The normalized spacial score (nSPS) is 17.7. The zero-order valence-electron chi connectivity index (χ0n) is 12.9. The SMILES string of the molecule is Cc1ccc(N2CC(c3nc(-c4cccs4)no3)CC2=O)cc1F. The Hall–Kier alpha value is -2.54. The van der Waals surface area contributed by atoms with Crippen LogP contribution in [0.2, 0.25) is 0 Å². The van der Waals surface area contributed by atoms with Gasteiger partial charge in [-0.3, -0.25) is 4.79 Å². The highest BCUT2D eigenvalue weighted by Gasteiger charge is 2.35. The van der Waals surface area contributed by atoms with Gasteiger partial charge in [0.2, 0.25) is 17.6 Å². The van der Waals surface area contributed by atoms with E-state index in [1.165, 1.54) is 17.4 Å². The van der Waals surface area contributed by atoms with Crippen LogP contribution in [-0.4, -0.2) is 22.6 Å². The highest BCUT2D eigenvalue weighted by molar-refractivity contribution is 7.13. The van der Waals surface area contributed by atoms with Crippen LogP contribution in [0, 0.1) is 12.7 Å². The quantitative estimate of drug-likeness (QED) is 0.726. The van der Waals surface area contributed by atoms with Crippen LogP contribution in [0.15, 0.2) is 40.2 Å². The summed E-state index contributed by atoms with van der Waals surface area (Å²) in [7, 11) is 0. The number of aromatic nitrogens is 2. The predicted molar refractivity (Wildman–Crippen MR) is 88.5 cm³/mol. The van der Waals surface area contributed by atoms with E-state index in [0.717, 1.165) is 4.88 Å². The first kappa shape index (κ1) is 15.0. The Labute approximate surface area is 141 Å². The minimum atomic E-state index is -0.318. The van der Waals surface area contributed by atoms with E-state index in [2.05, 4.69) is 10.1 Å². The summed E-state index contributed by atoms with van der Waals surface area (Å²) in [5.74, 6) is 0.415. The second-order valence-corrected chi connectivity index (χ2v) is 6.72. The van der Waals surface area contributed by atoms with Crippen LogP contribution in [0.25, 0.3) is 10.7 Å². The lowest BCUT2D eigenvalue weighted by molar-refractivity contribution is -0.117. The van der Waals surface area contributed by atoms with Crippen molar-refractivity contribution in [3.63, 3.8) is 0 Å². The van der Waals surface area contributed by atoms with Gasteiger partial charge < -0.3 is 9.42 Å². The summed E-state index contributed by atoms with van der Waals surface area (Å²) >= 11 is 1.53.